The molecule has 2 aromatic rings. The zero-order chi connectivity index (χ0) is 28.7. The van der Waals surface area contributed by atoms with Crippen LogP contribution in [0.1, 0.15) is 105 Å². The van der Waals surface area contributed by atoms with Gasteiger partial charge in [0, 0.05) is 18.1 Å². The van der Waals surface area contributed by atoms with Crippen molar-refractivity contribution in [2.45, 2.75) is 111 Å². The number of carbonyl (C=O) groups is 2. The Bertz CT molecular complexity index is 1110. The molecule has 7 heteroatoms. The summed E-state index contributed by atoms with van der Waals surface area (Å²) in [5, 5.41) is 12.7. The molecule has 0 aliphatic carbocycles. The van der Waals surface area contributed by atoms with Gasteiger partial charge in [-0.3, -0.25) is 9.59 Å². The van der Waals surface area contributed by atoms with Crippen molar-refractivity contribution >= 4 is 23.2 Å². The van der Waals surface area contributed by atoms with Gasteiger partial charge < -0.3 is 15.2 Å². The van der Waals surface area contributed by atoms with Gasteiger partial charge in [0.25, 0.3) is 11.8 Å². The summed E-state index contributed by atoms with van der Waals surface area (Å²) in [4.78, 5) is 25.6. The fourth-order valence-corrected chi connectivity index (χ4v) is 4.02. The summed E-state index contributed by atoms with van der Waals surface area (Å²) in [7, 11) is 0. The Balaban J connectivity index is 2.38. The number of phenols is 1. The lowest BCUT2D eigenvalue weighted by Crippen LogP contribution is -2.34. The standard InChI is InChI=1S/C31H45FN2O4/c1-9-13-14-28(36)34(32)25-17-16-22(35)20-24(25)33-29(37)26(10-2)38-27-18-15-21(30(5,6)11-3)19-23(27)31(7,8)12-4/h15-20,26,35H,9-14H2,1-8H3,(H,33,37). The van der Waals surface area contributed by atoms with E-state index in [4.69, 9.17) is 4.74 Å². The van der Waals surface area contributed by atoms with E-state index in [-0.39, 0.29) is 39.5 Å². The number of unbranched alkanes of at least 4 members (excludes halogenated alkanes) is 1. The predicted molar refractivity (Wildman–Crippen MR) is 153 cm³/mol. The monoisotopic (exact) mass is 528 g/mol. The topological polar surface area (TPSA) is 78.9 Å². The summed E-state index contributed by atoms with van der Waals surface area (Å²) >= 11 is 0. The highest BCUT2D eigenvalue weighted by atomic mass is 19.2. The van der Waals surface area contributed by atoms with Crippen molar-refractivity contribution in [1.29, 1.82) is 0 Å². The largest absolute Gasteiger partial charge is 0.508 e. The molecular formula is C31H45FN2O4. The van der Waals surface area contributed by atoms with Crippen LogP contribution in [0.5, 0.6) is 11.5 Å². The third-order valence-corrected chi connectivity index (χ3v) is 7.60. The van der Waals surface area contributed by atoms with Crippen LogP contribution in [-0.2, 0) is 20.4 Å². The second kappa shape index (κ2) is 13.1. The lowest BCUT2D eigenvalue weighted by Gasteiger charge is -2.31. The average Bonchev–Trinajstić information content (AvgIpc) is 2.89. The van der Waals surface area contributed by atoms with Crippen molar-refractivity contribution in [3.63, 3.8) is 0 Å². The minimum atomic E-state index is -0.870. The number of anilines is 2. The molecule has 210 valence electrons. The normalized spacial score (nSPS) is 12.7. The predicted octanol–water partition coefficient (Wildman–Crippen LogP) is 7.97. The minimum absolute atomic E-state index is 0.00134. The summed E-state index contributed by atoms with van der Waals surface area (Å²) in [6.07, 6.45) is 2.71. The van der Waals surface area contributed by atoms with Crippen LogP contribution in [0.3, 0.4) is 0 Å². The Morgan fingerprint density at radius 3 is 2.24 bits per heavy atom. The molecule has 0 aliphatic heterocycles. The Morgan fingerprint density at radius 1 is 1.00 bits per heavy atom. The molecule has 0 radical (unpaired) electrons. The Morgan fingerprint density at radius 2 is 1.66 bits per heavy atom. The number of carbonyl (C=O) groups excluding carboxylic acids is 2. The molecule has 2 aromatic carbocycles. The third kappa shape index (κ3) is 7.49. The molecule has 0 saturated carbocycles. The van der Waals surface area contributed by atoms with Crippen molar-refractivity contribution in [2.75, 3.05) is 10.4 Å². The maximum Gasteiger partial charge on any atom is 0.265 e. The van der Waals surface area contributed by atoms with E-state index in [1.54, 1.807) is 0 Å². The first-order valence-electron chi connectivity index (χ1n) is 13.8. The van der Waals surface area contributed by atoms with Crippen LogP contribution in [-0.4, -0.2) is 23.0 Å². The van der Waals surface area contributed by atoms with E-state index in [0.29, 0.717) is 18.6 Å². The van der Waals surface area contributed by atoms with Gasteiger partial charge in [0.1, 0.15) is 17.2 Å². The van der Waals surface area contributed by atoms with Gasteiger partial charge in [-0.2, -0.15) is 0 Å². The number of ether oxygens (including phenoxy) is 1. The van der Waals surface area contributed by atoms with E-state index in [9.17, 15) is 19.2 Å². The lowest BCUT2D eigenvalue weighted by molar-refractivity contribution is -0.123. The summed E-state index contributed by atoms with van der Waals surface area (Å²) in [5.74, 6) is -0.731. The van der Waals surface area contributed by atoms with Crippen molar-refractivity contribution in [3.05, 3.63) is 47.5 Å². The zero-order valence-corrected chi connectivity index (χ0v) is 24.3. The molecular weight excluding hydrogens is 483 g/mol. The molecule has 2 N–H and O–H groups in total. The number of benzene rings is 2. The number of phenolic OH excluding ortho intramolecular Hbond substituents is 1. The van der Waals surface area contributed by atoms with Crippen LogP contribution >= 0.6 is 0 Å². The smallest absolute Gasteiger partial charge is 0.265 e. The van der Waals surface area contributed by atoms with Gasteiger partial charge in [0.05, 0.1) is 5.69 Å². The Labute approximate surface area is 227 Å². The first-order valence-corrected chi connectivity index (χ1v) is 13.8. The SMILES string of the molecule is CCCCC(=O)N(F)c1ccc(O)cc1NC(=O)C(CC)Oc1ccc(C(C)(C)CC)cc1C(C)(C)CC. The highest BCUT2D eigenvalue weighted by Gasteiger charge is 2.29. The highest BCUT2D eigenvalue weighted by molar-refractivity contribution is 6.01. The number of amides is 2. The van der Waals surface area contributed by atoms with Crippen LogP contribution in [0.15, 0.2) is 36.4 Å². The molecule has 2 amide bonds. The van der Waals surface area contributed by atoms with Crippen LogP contribution < -0.4 is 15.2 Å². The van der Waals surface area contributed by atoms with Crippen molar-refractivity contribution in [2.24, 2.45) is 0 Å². The highest BCUT2D eigenvalue weighted by Crippen LogP contribution is 2.39. The molecule has 0 heterocycles. The van der Waals surface area contributed by atoms with Crippen LogP contribution in [0.25, 0.3) is 0 Å². The fraction of sp³-hybridized carbons (Fsp3) is 0.548. The number of nitrogens with one attached hydrogen (secondary N) is 1. The average molecular weight is 529 g/mol. The van der Waals surface area contributed by atoms with Gasteiger partial charge in [-0.25, -0.2) is 0 Å². The second-order valence-corrected chi connectivity index (χ2v) is 11.2. The van der Waals surface area contributed by atoms with E-state index < -0.39 is 17.9 Å². The van der Waals surface area contributed by atoms with Crippen molar-refractivity contribution < 1.29 is 23.9 Å². The molecule has 0 saturated heterocycles. The zero-order valence-electron chi connectivity index (χ0n) is 24.3. The minimum Gasteiger partial charge on any atom is -0.508 e. The van der Waals surface area contributed by atoms with Gasteiger partial charge in [-0.1, -0.05) is 78.4 Å². The maximum absolute atomic E-state index is 14.9. The summed E-state index contributed by atoms with van der Waals surface area (Å²) in [5.41, 5.74) is 1.92. The van der Waals surface area contributed by atoms with Gasteiger partial charge >= 0.3 is 0 Å². The summed E-state index contributed by atoms with van der Waals surface area (Å²) in [6.45, 7) is 16.8. The van der Waals surface area contributed by atoms with Crippen LogP contribution in [0, 0.1) is 0 Å². The first kappa shape index (κ1) is 31.1. The third-order valence-electron chi connectivity index (χ3n) is 7.60. The number of aromatic hydroxyl groups is 1. The number of halogens is 1. The maximum atomic E-state index is 14.9. The van der Waals surface area contributed by atoms with E-state index in [1.165, 1.54) is 23.8 Å². The van der Waals surface area contributed by atoms with Crippen molar-refractivity contribution in [3.8, 4) is 11.5 Å². The van der Waals surface area contributed by atoms with Gasteiger partial charge in [-0.15, -0.1) is 5.12 Å². The van der Waals surface area contributed by atoms with E-state index in [1.807, 2.05) is 19.9 Å². The molecule has 6 nitrogen and oxygen atoms in total. The number of hydrogen-bond donors (Lipinski definition) is 2. The van der Waals surface area contributed by atoms with Gasteiger partial charge in [-0.05, 0) is 60.3 Å². The molecule has 2 rings (SSSR count). The first-order chi connectivity index (χ1) is 17.8. The molecule has 0 aliphatic rings. The summed E-state index contributed by atoms with van der Waals surface area (Å²) in [6, 6.07) is 9.94. The van der Waals surface area contributed by atoms with Gasteiger partial charge in [0.15, 0.2) is 6.10 Å². The second-order valence-electron chi connectivity index (χ2n) is 11.2. The van der Waals surface area contributed by atoms with E-state index >= 15 is 0 Å². The molecule has 0 bridgehead atoms. The molecule has 0 spiro atoms. The number of rotatable bonds is 13. The molecule has 1 unspecified atom stereocenters. The molecule has 0 aromatic heterocycles. The number of nitrogens with zero attached hydrogens (tertiary/aromatic N) is 1. The molecule has 1 atom stereocenters. The van der Waals surface area contributed by atoms with Crippen LogP contribution in [0.2, 0.25) is 0 Å². The Hall–Kier alpha value is -3.09. The Kier molecular flexibility index (Phi) is 10.7. The number of hydrogen-bond acceptors (Lipinski definition) is 4. The summed E-state index contributed by atoms with van der Waals surface area (Å²) < 4.78 is 21.2. The lowest BCUT2D eigenvalue weighted by atomic mass is 9.76. The van der Waals surface area contributed by atoms with E-state index in [2.05, 4.69) is 59.0 Å². The quantitative estimate of drug-likeness (QED) is 0.258. The van der Waals surface area contributed by atoms with E-state index in [0.717, 1.165) is 24.8 Å². The van der Waals surface area contributed by atoms with Crippen molar-refractivity contribution in [1.82, 2.24) is 0 Å². The van der Waals surface area contributed by atoms with Crippen LogP contribution in [0.4, 0.5) is 15.9 Å². The van der Waals surface area contributed by atoms with Gasteiger partial charge in [0.2, 0.25) is 0 Å². The molecule has 0 fully saturated rings. The molecule has 38 heavy (non-hydrogen) atoms. The fourth-order valence-electron chi connectivity index (χ4n) is 4.02.